The van der Waals surface area contributed by atoms with E-state index in [0.717, 1.165) is 60.2 Å². The van der Waals surface area contributed by atoms with E-state index >= 15 is 0 Å². The molecule has 1 fully saturated rings. The van der Waals surface area contributed by atoms with Crippen molar-refractivity contribution in [1.82, 2.24) is 20.5 Å². The number of carbonyl (C=O) groups is 5. The molecule has 0 unspecified atom stereocenters. The number of aliphatic carboxylic acids is 1. The summed E-state index contributed by atoms with van der Waals surface area (Å²) in [5, 5.41) is 14.6. The summed E-state index contributed by atoms with van der Waals surface area (Å²) in [6, 6.07) is 6.16. The van der Waals surface area contributed by atoms with Gasteiger partial charge in [0.25, 0.3) is 0 Å². The van der Waals surface area contributed by atoms with Gasteiger partial charge >= 0.3 is 11.9 Å². The molecule has 0 bridgehead atoms. The number of carboxylic acids is 1. The lowest BCUT2D eigenvalue weighted by Gasteiger charge is -2.35. The van der Waals surface area contributed by atoms with Crippen LogP contribution in [-0.4, -0.2) is 69.4 Å². The Morgan fingerprint density at radius 1 is 0.979 bits per heavy atom. The van der Waals surface area contributed by atoms with Gasteiger partial charge in [-0.1, -0.05) is 83.6 Å². The number of likely N-dealkylation sites (tertiary alicyclic amines) is 1. The van der Waals surface area contributed by atoms with Crippen LogP contribution < -0.4 is 10.6 Å². The van der Waals surface area contributed by atoms with Crippen LogP contribution in [0, 0.1) is 12.3 Å². The SMILES string of the molecule is CC(=O)O[C@@H]1C[C@@H](C(=O)NCc2ccc(-c3scnc3C)cc2)N(C(=O)[C@@H](NC(=O)CCCCCCCCCCC(=O)O)C(C)(C)C)C1. The van der Waals surface area contributed by atoms with Crippen LogP contribution in [0.4, 0.5) is 0 Å². The van der Waals surface area contributed by atoms with Crippen molar-refractivity contribution in [2.45, 2.75) is 130 Å². The Hall–Kier alpha value is -3.80. The smallest absolute Gasteiger partial charge is 0.303 e. The third-order valence-corrected chi connectivity index (χ3v) is 9.55. The maximum Gasteiger partial charge on any atom is 0.303 e. The summed E-state index contributed by atoms with van der Waals surface area (Å²) in [5.41, 5.74) is 4.10. The topological polar surface area (TPSA) is 155 Å². The van der Waals surface area contributed by atoms with Crippen LogP contribution >= 0.6 is 11.3 Å². The molecule has 1 aromatic heterocycles. The molecule has 0 aliphatic carbocycles. The number of nitrogens with zero attached hydrogens (tertiary/aromatic N) is 2. The highest BCUT2D eigenvalue weighted by atomic mass is 32.1. The van der Waals surface area contributed by atoms with Crippen molar-refractivity contribution >= 4 is 41.0 Å². The average Bonchev–Trinajstić information content (AvgIpc) is 3.64. The van der Waals surface area contributed by atoms with E-state index < -0.39 is 35.5 Å². The molecular formula is C36H52N4O7S. The summed E-state index contributed by atoms with van der Waals surface area (Å²) in [6.07, 6.45) is 7.36. The van der Waals surface area contributed by atoms with Gasteiger partial charge in [-0.15, -0.1) is 11.3 Å². The van der Waals surface area contributed by atoms with Crippen LogP contribution in [0.25, 0.3) is 10.4 Å². The number of amides is 3. The van der Waals surface area contributed by atoms with Gasteiger partial charge in [0.15, 0.2) is 0 Å². The standard InChI is InChI=1S/C36H52N4O7S/c1-24-32(48-23-38-24)27-18-16-26(17-19-27)21-37-34(45)29-20-28(47-25(2)41)22-40(29)35(46)33(36(3,4)5)39-30(42)14-12-10-8-6-7-9-11-13-15-31(43)44/h16-19,23,28-29,33H,6-15,20-22H2,1-5H3,(H,37,45)(H,39,42)(H,43,44)/t28-,29+,33-/m1/s1. The first-order chi connectivity index (χ1) is 22.8. The molecule has 11 nitrogen and oxygen atoms in total. The lowest BCUT2D eigenvalue weighted by molar-refractivity contribution is -0.147. The Morgan fingerprint density at radius 2 is 1.58 bits per heavy atom. The van der Waals surface area contributed by atoms with E-state index in [1.807, 2.05) is 57.5 Å². The minimum absolute atomic E-state index is 0.0676. The summed E-state index contributed by atoms with van der Waals surface area (Å²) in [7, 11) is 0. The number of carbonyl (C=O) groups excluding carboxylic acids is 4. The largest absolute Gasteiger partial charge is 0.481 e. The number of unbranched alkanes of at least 4 members (excludes halogenated alkanes) is 7. The fraction of sp³-hybridized carbons (Fsp3) is 0.611. The van der Waals surface area contributed by atoms with Crippen molar-refractivity contribution < 1.29 is 33.8 Å². The minimum Gasteiger partial charge on any atom is -0.481 e. The molecule has 0 saturated carbocycles. The Balaban J connectivity index is 1.56. The fourth-order valence-corrected chi connectivity index (χ4v) is 6.75. The highest BCUT2D eigenvalue weighted by Gasteiger charge is 2.45. The summed E-state index contributed by atoms with van der Waals surface area (Å²) < 4.78 is 5.43. The molecule has 1 saturated heterocycles. The molecule has 2 heterocycles. The van der Waals surface area contributed by atoms with E-state index in [9.17, 15) is 24.0 Å². The van der Waals surface area contributed by atoms with Crippen molar-refractivity contribution in [3.63, 3.8) is 0 Å². The molecule has 12 heteroatoms. The molecule has 1 aliphatic rings. The van der Waals surface area contributed by atoms with Gasteiger partial charge in [-0.3, -0.25) is 24.0 Å². The minimum atomic E-state index is -0.870. The van der Waals surface area contributed by atoms with Gasteiger partial charge in [-0.2, -0.15) is 0 Å². The molecule has 3 atom stereocenters. The Kier molecular flexibility index (Phi) is 15.0. The van der Waals surface area contributed by atoms with Gasteiger partial charge in [0.2, 0.25) is 17.7 Å². The molecule has 48 heavy (non-hydrogen) atoms. The quantitative estimate of drug-likeness (QED) is 0.132. The molecule has 3 amide bonds. The third-order valence-electron chi connectivity index (χ3n) is 8.57. The molecule has 0 radical (unpaired) electrons. The van der Waals surface area contributed by atoms with Crippen LogP contribution in [0.15, 0.2) is 29.8 Å². The second kappa shape index (κ2) is 18.7. The average molecular weight is 685 g/mol. The zero-order chi connectivity index (χ0) is 35.3. The second-order valence-electron chi connectivity index (χ2n) is 13.7. The van der Waals surface area contributed by atoms with E-state index in [0.29, 0.717) is 19.3 Å². The van der Waals surface area contributed by atoms with Gasteiger partial charge in [-0.05, 0) is 36.3 Å². The number of benzene rings is 1. The van der Waals surface area contributed by atoms with Gasteiger partial charge in [0.1, 0.15) is 18.2 Å². The summed E-state index contributed by atoms with van der Waals surface area (Å²) in [5.74, 6) is -2.18. The zero-order valence-electron chi connectivity index (χ0n) is 29.0. The first kappa shape index (κ1) is 38.6. The molecule has 3 N–H and O–H groups in total. The highest BCUT2D eigenvalue weighted by molar-refractivity contribution is 7.13. The normalized spacial score (nSPS) is 16.7. The highest BCUT2D eigenvalue weighted by Crippen LogP contribution is 2.29. The number of rotatable bonds is 18. The Labute approximate surface area is 288 Å². The molecule has 264 valence electrons. The number of hydrogen-bond acceptors (Lipinski definition) is 8. The van der Waals surface area contributed by atoms with Gasteiger partial charge < -0.3 is 25.4 Å². The number of thiazole rings is 1. The third kappa shape index (κ3) is 12.3. The van der Waals surface area contributed by atoms with Crippen LogP contribution in [0.3, 0.4) is 0 Å². The molecular weight excluding hydrogens is 632 g/mol. The van der Waals surface area contributed by atoms with Crippen molar-refractivity contribution in [2.75, 3.05) is 6.54 Å². The van der Waals surface area contributed by atoms with E-state index in [1.54, 1.807) is 11.3 Å². The molecule has 0 spiro atoms. The predicted molar refractivity (Wildman–Crippen MR) is 185 cm³/mol. The summed E-state index contributed by atoms with van der Waals surface area (Å²) in [4.78, 5) is 69.8. The van der Waals surface area contributed by atoms with Crippen molar-refractivity contribution in [3.8, 4) is 10.4 Å². The number of carboxylic acid groups (broad SMARTS) is 1. The molecule has 3 rings (SSSR count). The second-order valence-corrected chi connectivity index (χ2v) is 14.6. The van der Waals surface area contributed by atoms with Crippen molar-refractivity contribution in [3.05, 3.63) is 41.0 Å². The Morgan fingerprint density at radius 3 is 2.12 bits per heavy atom. The van der Waals surface area contributed by atoms with Gasteiger partial charge in [-0.25, -0.2) is 4.98 Å². The van der Waals surface area contributed by atoms with Crippen LogP contribution in [0.5, 0.6) is 0 Å². The molecule has 1 aromatic carbocycles. The number of hydrogen-bond donors (Lipinski definition) is 3. The lowest BCUT2D eigenvalue weighted by atomic mass is 9.85. The predicted octanol–water partition coefficient (Wildman–Crippen LogP) is 5.78. The van der Waals surface area contributed by atoms with Crippen molar-refractivity contribution in [2.24, 2.45) is 5.41 Å². The maximum absolute atomic E-state index is 14.0. The number of nitrogens with one attached hydrogen (secondary N) is 2. The number of esters is 1. The van der Waals surface area contributed by atoms with Gasteiger partial charge in [0, 0.05) is 32.7 Å². The molecule has 2 aromatic rings. The fourth-order valence-electron chi connectivity index (χ4n) is 5.94. The monoisotopic (exact) mass is 684 g/mol. The van der Waals surface area contributed by atoms with Crippen LogP contribution in [0.1, 0.15) is 110 Å². The van der Waals surface area contributed by atoms with Crippen molar-refractivity contribution in [1.29, 1.82) is 0 Å². The van der Waals surface area contributed by atoms with Gasteiger partial charge in [0.05, 0.1) is 22.6 Å². The van der Waals surface area contributed by atoms with E-state index in [-0.39, 0.29) is 43.7 Å². The van der Waals surface area contributed by atoms with E-state index in [2.05, 4.69) is 15.6 Å². The molecule has 1 aliphatic heterocycles. The van der Waals surface area contributed by atoms with E-state index in [4.69, 9.17) is 9.84 Å². The van der Waals surface area contributed by atoms with Crippen LogP contribution in [0.2, 0.25) is 0 Å². The summed E-state index contributed by atoms with van der Waals surface area (Å²) >= 11 is 1.57. The zero-order valence-corrected chi connectivity index (χ0v) is 29.8. The van der Waals surface area contributed by atoms with E-state index in [1.165, 1.54) is 11.8 Å². The Bertz CT molecular complexity index is 1390. The first-order valence-corrected chi connectivity index (χ1v) is 17.9. The number of aryl methyl sites for hydroxylation is 1. The maximum atomic E-state index is 14.0. The van der Waals surface area contributed by atoms with Crippen LogP contribution in [-0.2, 0) is 35.3 Å². The number of aromatic nitrogens is 1. The first-order valence-electron chi connectivity index (χ1n) is 17.0. The lowest BCUT2D eigenvalue weighted by Crippen LogP contribution is -2.57. The summed E-state index contributed by atoms with van der Waals surface area (Å²) in [6.45, 7) is 9.22. The number of ether oxygens (including phenoxy) is 1.